The summed E-state index contributed by atoms with van der Waals surface area (Å²) < 4.78 is 0. The normalized spacial score (nSPS) is 0. The van der Waals surface area contributed by atoms with E-state index in [0.29, 0.717) is 0 Å². The van der Waals surface area contributed by atoms with Crippen LogP contribution in [0.25, 0.3) is 0 Å². The van der Waals surface area contributed by atoms with Gasteiger partial charge in [-0.05, 0) is 0 Å². The van der Waals surface area contributed by atoms with Crippen LogP contribution in [0.3, 0.4) is 0 Å². The van der Waals surface area contributed by atoms with Gasteiger partial charge in [-0.3, -0.25) is 0 Å². The Labute approximate surface area is 73.9 Å². The molecular weight excluding hydrogens is 308 g/mol. The molecule has 4 heavy (non-hydrogen) atoms. The van der Waals surface area contributed by atoms with E-state index < -0.39 is 0 Å². The fourth-order valence-corrected chi connectivity index (χ4v) is 0. The summed E-state index contributed by atoms with van der Waals surface area (Å²) >= 11 is 0. The van der Waals surface area contributed by atoms with Crippen LogP contribution in [-0.4, -0.2) is 0 Å². The molecule has 0 bridgehead atoms. The second kappa shape index (κ2) is 18.6. The summed E-state index contributed by atoms with van der Waals surface area (Å²) in [5.74, 6) is 0. The van der Waals surface area contributed by atoms with Gasteiger partial charge in [-0.2, -0.15) is 0 Å². The van der Waals surface area contributed by atoms with E-state index in [1.165, 1.54) is 0 Å². The van der Waals surface area contributed by atoms with Gasteiger partial charge in [-0.15, -0.1) is 0 Å². The molecule has 27 valence electrons. The van der Waals surface area contributed by atoms with Crippen molar-refractivity contribution in [3.05, 3.63) is 0 Å². The van der Waals surface area contributed by atoms with Gasteiger partial charge in [-0.25, -0.2) is 0 Å². The fraction of sp³-hybridized carbons (Fsp3) is 0. The van der Waals surface area contributed by atoms with Gasteiger partial charge in [0.1, 0.15) is 0 Å². The Morgan fingerprint density at radius 3 is 1.25 bits per heavy atom. The quantitative estimate of drug-likeness (QED) is 0.422. The Hall–Kier alpha value is 2.29. The van der Waals surface area contributed by atoms with Crippen molar-refractivity contribution >= 4 is 0 Å². The Morgan fingerprint density at radius 1 is 1.25 bits per heavy atom. The van der Waals surface area contributed by atoms with Gasteiger partial charge in [-0.1, -0.05) is 0 Å². The summed E-state index contributed by atoms with van der Waals surface area (Å²) in [4.78, 5) is 0. The minimum Gasteiger partial charge on any atom is -1.00 e. The molecule has 0 aliphatic carbocycles. The molecule has 0 nitrogen and oxygen atoms in total. The summed E-state index contributed by atoms with van der Waals surface area (Å²) in [6.45, 7) is 0. The van der Waals surface area contributed by atoms with E-state index >= 15 is 0 Å². The first-order valence-corrected chi connectivity index (χ1v) is 0. The van der Waals surface area contributed by atoms with Crippen molar-refractivity contribution in [3.8, 4) is 0 Å². The van der Waals surface area contributed by atoms with Crippen molar-refractivity contribution in [2.24, 2.45) is 0 Å². The molecule has 0 unspecified atom stereocenters. The molecule has 0 aromatic heterocycles. The Bertz CT molecular complexity index is 11.6. The van der Waals surface area contributed by atoms with Crippen molar-refractivity contribution in [2.75, 3.05) is 0 Å². The van der Waals surface area contributed by atoms with Crippen LogP contribution in [0.5, 0.6) is 0 Å². The first kappa shape index (κ1) is 33.6. The minimum absolute atomic E-state index is 0. The van der Waals surface area contributed by atoms with Crippen LogP contribution < -0.4 is 18.9 Å². The molecule has 0 aliphatic heterocycles. The molecule has 0 fully saturated rings. The van der Waals surface area contributed by atoms with Gasteiger partial charge in [0.2, 0.25) is 0 Å². The molecule has 0 spiro atoms. The summed E-state index contributed by atoms with van der Waals surface area (Å²) in [5, 5.41) is 0. The smallest absolute Gasteiger partial charge is 1.00 e. The van der Waals surface area contributed by atoms with E-state index in [1.54, 1.807) is 0 Å². The molecule has 0 atom stereocenters. The van der Waals surface area contributed by atoms with E-state index in [-0.39, 0.29) is 74.6 Å². The van der Waals surface area contributed by atoms with Crippen molar-refractivity contribution in [3.63, 3.8) is 0 Å². The van der Waals surface area contributed by atoms with Crippen molar-refractivity contribution in [2.45, 2.75) is 0 Å². The summed E-state index contributed by atoms with van der Waals surface area (Å²) in [6.07, 6.45) is 0. The van der Waals surface area contributed by atoms with Crippen LogP contribution in [0.4, 0.5) is 0 Å². The van der Waals surface area contributed by atoms with Gasteiger partial charge < -0.3 is 1.43 Å². The zero-order valence-electron chi connectivity index (χ0n) is 3.06. The molecule has 0 heterocycles. The first-order valence-electron chi connectivity index (χ1n) is 0. The predicted molar refractivity (Wildman–Crippen MR) is 1.11 cm³/mol. The molecule has 0 saturated heterocycles. The van der Waals surface area contributed by atoms with E-state index in [2.05, 4.69) is 0 Å². The van der Waals surface area contributed by atoms with Crippen LogP contribution in [0, 0.1) is 0 Å². The maximum absolute atomic E-state index is 0. The SMILES string of the molecule is [Co].[H-].[Li+].[Ni].[W]. The van der Waals surface area contributed by atoms with Crippen LogP contribution >= 0.6 is 0 Å². The van der Waals surface area contributed by atoms with Crippen LogP contribution in [-0.2, 0) is 54.3 Å². The minimum atomic E-state index is 0. The van der Waals surface area contributed by atoms with Gasteiger partial charge in [0.25, 0.3) is 0 Å². The second-order valence-electron chi connectivity index (χ2n) is 0. The van der Waals surface area contributed by atoms with Gasteiger partial charge >= 0.3 is 18.9 Å². The summed E-state index contributed by atoms with van der Waals surface area (Å²) in [5.41, 5.74) is 0. The van der Waals surface area contributed by atoms with Crippen molar-refractivity contribution in [1.82, 2.24) is 0 Å². The molecule has 0 saturated carbocycles. The zero-order chi connectivity index (χ0) is 0. The third-order valence-corrected chi connectivity index (χ3v) is 0. The topological polar surface area (TPSA) is 0 Å². The predicted octanol–water partition coefficient (Wildman–Crippen LogP) is -2.89. The number of hydrogen-bond acceptors (Lipinski definition) is 0. The molecule has 4 heteroatoms. The molecule has 1 radical (unpaired) electrons. The van der Waals surface area contributed by atoms with Gasteiger partial charge in [0, 0.05) is 54.3 Å². The third kappa shape index (κ3) is 8.86. The Morgan fingerprint density at radius 2 is 1.25 bits per heavy atom. The molecule has 0 aromatic carbocycles. The summed E-state index contributed by atoms with van der Waals surface area (Å²) in [6, 6.07) is 0. The van der Waals surface area contributed by atoms with E-state index in [9.17, 15) is 0 Å². The Balaban J connectivity index is 0. The standard InChI is InChI=1S/Co.Li.Ni.W.H/q;+1;;;-1. The van der Waals surface area contributed by atoms with E-state index in [0.717, 1.165) is 0 Å². The maximum atomic E-state index is 0. The van der Waals surface area contributed by atoms with Crippen LogP contribution in [0.15, 0.2) is 0 Å². The van der Waals surface area contributed by atoms with Gasteiger partial charge in [0.05, 0.1) is 0 Å². The average Bonchev–Trinajstić information content (AvgIpc) is 0. The van der Waals surface area contributed by atoms with E-state index in [1.807, 2.05) is 0 Å². The van der Waals surface area contributed by atoms with Crippen LogP contribution in [0.2, 0.25) is 0 Å². The number of hydrogen-bond donors (Lipinski definition) is 0. The fourth-order valence-electron chi connectivity index (χ4n) is 0. The number of rotatable bonds is 0. The molecule has 0 aliphatic rings. The molecular formula is HCoLiNiW. The molecule has 0 amide bonds. The molecule has 0 N–H and O–H groups in total. The van der Waals surface area contributed by atoms with Crippen LogP contribution in [0.1, 0.15) is 1.43 Å². The maximum Gasteiger partial charge on any atom is 1.00 e. The van der Waals surface area contributed by atoms with Crippen molar-refractivity contribution < 1.29 is 74.6 Å². The molecule has 0 rings (SSSR count). The third-order valence-electron chi connectivity index (χ3n) is 0. The molecule has 0 aromatic rings. The second-order valence-corrected chi connectivity index (χ2v) is 0. The largest absolute Gasteiger partial charge is 1.00 e. The summed E-state index contributed by atoms with van der Waals surface area (Å²) in [7, 11) is 0. The van der Waals surface area contributed by atoms with Gasteiger partial charge in [0.15, 0.2) is 0 Å². The van der Waals surface area contributed by atoms with E-state index in [4.69, 9.17) is 0 Å². The average molecular weight is 309 g/mol. The Kier molecular flexibility index (Phi) is 156. The zero-order valence-corrected chi connectivity index (χ0v) is 7.02. The van der Waals surface area contributed by atoms with Crippen molar-refractivity contribution in [1.29, 1.82) is 0 Å². The monoisotopic (exact) mass is 309 g/mol. The first-order chi connectivity index (χ1) is 0.